The number of aliphatic hydroxyl groups excluding tert-OH is 1. The zero-order valence-corrected chi connectivity index (χ0v) is 12.9. The van der Waals surface area contributed by atoms with Crippen LogP contribution in [0.3, 0.4) is 0 Å². The molecular weight excluding hydrogens is 268 g/mol. The fourth-order valence-corrected chi connectivity index (χ4v) is 2.26. The zero-order valence-electron chi connectivity index (χ0n) is 12.9. The van der Waals surface area contributed by atoms with Gasteiger partial charge in [0.05, 0.1) is 12.3 Å². The Bertz CT molecular complexity index is 443. The number of carbonyl (C=O) groups is 1. The highest BCUT2D eigenvalue weighted by Gasteiger charge is 2.12. The molecule has 0 aromatic heterocycles. The SMILES string of the molecule is CCCC(CCO)CNC(=O)c1ccc(OCC)c(N)c1. The molecule has 118 valence electrons. The number of rotatable bonds is 9. The first-order chi connectivity index (χ1) is 10.1. The van der Waals surface area contributed by atoms with Crippen LogP contribution >= 0.6 is 0 Å². The number of nitrogens with two attached hydrogens (primary N) is 1. The molecule has 1 aromatic carbocycles. The van der Waals surface area contributed by atoms with Crippen molar-refractivity contribution < 1.29 is 14.6 Å². The summed E-state index contributed by atoms with van der Waals surface area (Å²) in [6.07, 6.45) is 2.74. The largest absolute Gasteiger partial charge is 0.492 e. The Morgan fingerprint density at radius 3 is 2.71 bits per heavy atom. The molecule has 0 aliphatic rings. The number of ether oxygens (including phenoxy) is 1. The number of benzene rings is 1. The lowest BCUT2D eigenvalue weighted by molar-refractivity contribution is 0.0943. The highest BCUT2D eigenvalue weighted by Crippen LogP contribution is 2.22. The smallest absolute Gasteiger partial charge is 0.251 e. The van der Waals surface area contributed by atoms with Crippen LogP contribution in [0, 0.1) is 5.92 Å². The molecule has 0 fully saturated rings. The molecule has 5 nitrogen and oxygen atoms in total. The number of nitrogen functional groups attached to an aromatic ring is 1. The molecule has 0 saturated heterocycles. The number of anilines is 1. The standard InChI is InChI=1S/C16H26N2O3/c1-3-5-12(8-9-19)11-18-16(20)13-6-7-15(21-4-2)14(17)10-13/h6-7,10,12,19H,3-5,8-9,11,17H2,1-2H3,(H,18,20). The van der Waals surface area contributed by atoms with Gasteiger partial charge in [0.25, 0.3) is 5.91 Å². The minimum Gasteiger partial charge on any atom is -0.492 e. The van der Waals surface area contributed by atoms with Crippen molar-refractivity contribution in [2.75, 3.05) is 25.5 Å². The van der Waals surface area contributed by atoms with E-state index < -0.39 is 0 Å². The van der Waals surface area contributed by atoms with E-state index >= 15 is 0 Å². The zero-order chi connectivity index (χ0) is 15.7. The minimum absolute atomic E-state index is 0.149. The minimum atomic E-state index is -0.149. The van der Waals surface area contributed by atoms with Gasteiger partial charge >= 0.3 is 0 Å². The number of aliphatic hydroxyl groups is 1. The van der Waals surface area contributed by atoms with E-state index in [1.165, 1.54) is 0 Å². The first kappa shape index (κ1) is 17.3. The Kier molecular flexibility index (Phi) is 7.61. The van der Waals surface area contributed by atoms with Gasteiger partial charge in [0, 0.05) is 18.7 Å². The molecule has 4 N–H and O–H groups in total. The van der Waals surface area contributed by atoms with Crippen molar-refractivity contribution in [3.05, 3.63) is 23.8 Å². The molecule has 0 aliphatic heterocycles. The molecule has 0 aliphatic carbocycles. The summed E-state index contributed by atoms with van der Waals surface area (Å²) in [5.41, 5.74) is 6.84. The molecule has 0 heterocycles. The quantitative estimate of drug-likeness (QED) is 0.610. The summed E-state index contributed by atoms with van der Waals surface area (Å²) >= 11 is 0. The Hall–Kier alpha value is -1.75. The summed E-state index contributed by atoms with van der Waals surface area (Å²) in [4.78, 5) is 12.1. The van der Waals surface area contributed by atoms with Crippen molar-refractivity contribution in [3.8, 4) is 5.75 Å². The Morgan fingerprint density at radius 2 is 2.14 bits per heavy atom. The maximum absolute atomic E-state index is 12.1. The van der Waals surface area contributed by atoms with E-state index in [1.807, 2.05) is 6.92 Å². The van der Waals surface area contributed by atoms with Crippen LogP contribution in [-0.2, 0) is 0 Å². The summed E-state index contributed by atoms with van der Waals surface area (Å²) in [5, 5.41) is 11.9. The van der Waals surface area contributed by atoms with E-state index in [-0.39, 0.29) is 12.5 Å². The van der Waals surface area contributed by atoms with E-state index in [4.69, 9.17) is 15.6 Å². The van der Waals surface area contributed by atoms with Gasteiger partial charge in [-0.25, -0.2) is 0 Å². The Balaban J connectivity index is 2.60. The maximum atomic E-state index is 12.1. The molecule has 1 aromatic rings. The van der Waals surface area contributed by atoms with Crippen molar-refractivity contribution in [3.63, 3.8) is 0 Å². The van der Waals surface area contributed by atoms with Crippen LogP contribution in [0.1, 0.15) is 43.5 Å². The third-order valence-corrected chi connectivity index (χ3v) is 3.36. The number of nitrogens with one attached hydrogen (secondary N) is 1. The number of hydrogen-bond donors (Lipinski definition) is 3. The Labute approximate surface area is 126 Å². The molecule has 0 saturated carbocycles. The van der Waals surface area contributed by atoms with Crippen LogP contribution in [0.4, 0.5) is 5.69 Å². The van der Waals surface area contributed by atoms with Crippen LogP contribution < -0.4 is 15.8 Å². The van der Waals surface area contributed by atoms with Gasteiger partial charge in [-0.1, -0.05) is 13.3 Å². The maximum Gasteiger partial charge on any atom is 0.251 e. The summed E-state index contributed by atoms with van der Waals surface area (Å²) in [5.74, 6) is 0.756. The summed E-state index contributed by atoms with van der Waals surface area (Å²) < 4.78 is 5.35. The van der Waals surface area contributed by atoms with Gasteiger partial charge in [-0.2, -0.15) is 0 Å². The van der Waals surface area contributed by atoms with Gasteiger partial charge < -0.3 is 20.9 Å². The lowest BCUT2D eigenvalue weighted by Gasteiger charge is -2.16. The molecular formula is C16H26N2O3. The highest BCUT2D eigenvalue weighted by atomic mass is 16.5. The van der Waals surface area contributed by atoms with E-state index in [0.717, 1.165) is 12.8 Å². The van der Waals surface area contributed by atoms with Gasteiger partial charge in [-0.05, 0) is 43.9 Å². The van der Waals surface area contributed by atoms with Gasteiger partial charge in [-0.15, -0.1) is 0 Å². The van der Waals surface area contributed by atoms with E-state index in [9.17, 15) is 4.79 Å². The lowest BCUT2D eigenvalue weighted by Crippen LogP contribution is -2.29. The highest BCUT2D eigenvalue weighted by molar-refractivity contribution is 5.95. The van der Waals surface area contributed by atoms with Crippen molar-refractivity contribution >= 4 is 11.6 Å². The van der Waals surface area contributed by atoms with Crippen molar-refractivity contribution in [1.82, 2.24) is 5.32 Å². The summed E-state index contributed by atoms with van der Waals surface area (Å²) in [6, 6.07) is 5.05. The topological polar surface area (TPSA) is 84.6 Å². The van der Waals surface area contributed by atoms with E-state index in [1.54, 1.807) is 18.2 Å². The van der Waals surface area contributed by atoms with Crippen LogP contribution in [0.15, 0.2) is 18.2 Å². The van der Waals surface area contributed by atoms with E-state index in [2.05, 4.69) is 12.2 Å². The van der Waals surface area contributed by atoms with E-state index in [0.29, 0.717) is 42.5 Å². The first-order valence-electron chi connectivity index (χ1n) is 7.53. The molecule has 21 heavy (non-hydrogen) atoms. The third-order valence-electron chi connectivity index (χ3n) is 3.36. The van der Waals surface area contributed by atoms with Crippen LogP contribution in [0.25, 0.3) is 0 Å². The average molecular weight is 294 g/mol. The molecule has 0 radical (unpaired) electrons. The molecule has 0 bridgehead atoms. The fraction of sp³-hybridized carbons (Fsp3) is 0.562. The monoisotopic (exact) mass is 294 g/mol. The average Bonchev–Trinajstić information content (AvgIpc) is 2.47. The number of carbonyl (C=O) groups excluding carboxylic acids is 1. The van der Waals surface area contributed by atoms with Gasteiger partial charge in [-0.3, -0.25) is 4.79 Å². The summed E-state index contributed by atoms with van der Waals surface area (Å²) in [6.45, 7) is 5.24. The summed E-state index contributed by atoms with van der Waals surface area (Å²) in [7, 11) is 0. The first-order valence-corrected chi connectivity index (χ1v) is 7.53. The van der Waals surface area contributed by atoms with Crippen LogP contribution in [0.2, 0.25) is 0 Å². The van der Waals surface area contributed by atoms with Crippen LogP contribution in [0.5, 0.6) is 5.75 Å². The molecule has 1 atom stereocenters. The third kappa shape index (κ3) is 5.63. The van der Waals surface area contributed by atoms with Crippen molar-refractivity contribution in [2.45, 2.75) is 33.1 Å². The van der Waals surface area contributed by atoms with Crippen molar-refractivity contribution in [1.29, 1.82) is 0 Å². The second-order valence-corrected chi connectivity index (χ2v) is 5.06. The van der Waals surface area contributed by atoms with Crippen molar-refractivity contribution in [2.24, 2.45) is 5.92 Å². The number of amides is 1. The van der Waals surface area contributed by atoms with Gasteiger partial charge in [0.15, 0.2) is 0 Å². The predicted molar refractivity (Wildman–Crippen MR) is 84.5 cm³/mol. The predicted octanol–water partition coefficient (Wildman–Crippen LogP) is 2.20. The molecule has 1 rings (SSSR count). The number of hydrogen-bond acceptors (Lipinski definition) is 4. The molecule has 1 amide bonds. The molecule has 0 spiro atoms. The normalized spacial score (nSPS) is 12.0. The molecule has 5 heteroatoms. The van der Waals surface area contributed by atoms with Gasteiger partial charge in [0.2, 0.25) is 0 Å². The Morgan fingerprint density at radius 1 is 1.38 bits per heavy atom. The van der Waals surface area contributed by atoms with Gasteiger partial charge in [0.1, 0.15) is 5.75 Å². The second kappa shape index (κ2) is 9.23. The lowest BCUT2D eigenvalue weighted by atomic mass is 10.00. The molecule has 1 unspecified atom stereocenters. The second-order valence-electron chi connectivity index (χ2n) is 5.06. The van der Waals surface area contributed by atoms with Crippen LogP contribution in [-0.4, -0.2) is 30.8 Å². The fourth-order valence-electron chi connectivity index (χ4n) is 2.26.